The molecule has 1 aliphatic heterocycles. The molecule has 20 heavy (non-hydrogen) atoms. The molecule has 1 fully saturated rings. The van der Waals surface area contributed by atoms with Gasteiger partial charge in [0.05, 0.1) is 11.1 Å². The molecular weight excluding hydrogens is 328 g/mol. The van der Waals surface area contributed by atoms with Gasteiger partial charge in [0.1, 0.15) is 0 Å². The molecule has 0 unspecified atom stereocenters. The standard InChI is InChI=1S/C13H8N2OS4/c16-12-11(7-9-3-1-5-18-9)20-13(17)15(12)14-8-10-4-2-6-19-10/h1-8H/b11-7-,14-8-. The van der Waals surface area contributed by atoms with Crippen molar-refractivity contribution in [3.8, 4) is 0 Å². The summed E-state index contributed by atoms with van der Waals surface area (Å²) < 4.78 is 0.464. The zero-order valence-corrected chi connectivity index (χ0v) is 13.3. The van der Waals surface area contributed by atoms with Crippen molar-refractivity contribution in [3.05, 3.63) is 49.7 Å². The predicted octanol–water partition coefficient (Wildman–Crippen LogP) is 4.04. The average molecular weight is 336 g/mol. The highest BCUT2D eigenvalue weighted by atomic mass is 32.2. The average Bonchev–Trinajstić information content (AvgIpc) is 3.13. The molecule has 0 aromatic carbocycles. The summed E-state index contributed by atoms with van der Waals surface area (Å²) in [5.74, 6) is -0.166. The second kappa shape index (κ2) is 6.01. The Kier molecular flexibility index (Phi) is 4.11. The van der Waals surface area contributed by atoms with Crippen molar-refractivity contribution in [2.45, 2.75) is 0 Å². The Morgan fingerprint density at radius 1 is 1.15 bits per heavy atom. The van der Waals surface area contributed by atoms with Crippen LogP contribution in [0.2, 0.25) is 0 Å². The van der Waals surface area contributed by atoms with Crippen LogP contribution in [-0.4, -0.2) is 21.5 Å². The van der Waals surface area contributed by atoms with Gasteiger partial charge in [0.15, 0.2) is 4.32 Å². The monoisotopic (exact) mass is 336 g/mol. The highest BCUT2D eigenvalue weighted by molar-refractivity contribution is 8.26. The molecule has 0 radical (unpaired) electrons. The summed E-state index contributed by atoms with van der Waals surface area (Å²) in [6, 6.07) is 7.79. The van der Waals surface area contributed by atoms with E-state index < -0.39 is 0 Å². The molecule has 7 heteroatoms. The minimum absolute atomic E-state index is 0.166. The highest BCUT2D eigenvalue weighted by Gasteiger charge is 2.32. The fourth-order valence-corrected chi connectivity index (χ4v) is 4.02. The van der Waals surface area contributed by atoms with Crippen molar-refractivity contribution in [3.63, 3.8) is 0 Å². The lowest BCUT2D eigenvalue weighted by molar-refractivity contribution is -0.122. The maximum absolute atomic E-state index is 12.2. The predicted molar refractivity (Wildman–Crippen MR) is 91.2 cm³/mol. The quantitative estimate of drug-likeness (QED) is 0.482. The van der Waals surface area contributed by atoms with Gasteiger partial charge in [-0.15, -0.1) is 22.7 Å². The molecule has 1 aliphatic rings. The first-order valence-electron chi connectivity index (χ1n) is 5.63. The van der Waals surface area contributed by atoms with Crippen LogP contribution < -0.4 is 0 Å². The van der Waals surface area contributed by atoms with E-state index in [1.807, 2.05) is 41.1 Å². The van der Waals surface area contributed by atoms with E-state index in [4.69, 9.17) is 12.2 Å². The number of carbonyl (C=O) groups excluding carboxylic acids is 1. The van der Waals surface area contributed by atoms with Gasteiger partial charge < -0.3 is 0 Å². The summed E-state index contributed by atoms with van der Waals surface area (Å²) >= 11 is 9.64. The van der Waals surface area contributed by atoms with Crippen molar-refractivity contribution in [1.82, 2.24) is 5.01 Å². The Hall–Kier alpha value is -1.28. The first-order chi connectivity index (χ1) is 9.74. The van der Waals surface area contributed by atoms with Crippen molar-refractivity contribution in [2.75, 3.05) is 0 Å². The van der Waals surface area contributed by atoms with Crippen molar-refractivity contribution < 1.29 is 4.79 Å². The molecule has 3 nitrogen and oxygen atoms in total. The molecule has 2 aromatic rings. The van der Waals surface area contributed by atoms with Gasteiger partial charge in [-0.2, -0.15) is 10.1 Å². The van der Waals surface area contributed by atoms with Crippen molar-refractivity contribution in [2.24, 2.45) is 5.10 Å². The normalized spacial score (nSPS) is 17.8. The topological polar surface area (TPSA) is 32.7 Å². The molecule has 0 saturated carbocycles. The maximum Gasteiger partial charge on any atom is 0.286 e. The van der Waals surface area contributed by atoms with Crippen molar-refractivity contribution in [1.29, 1.82) is 0 Å². The van der Waals surface area contributed by atoms with Gasteiger partial charge in [0.25, 0.3) is 5.91 Å². The zero-order chi connectivity index (χ0) is 13.9. The summed E-state index contributed by atoms with van der Waals surface area (Å²) in [5.41, 5.74) is 0. The van der Waals surface area contributed by atoms with Crippen LogP contribution in [0, 0.1) is 0 Å². The molecule has 3 heterocycles. The van der Waals surface area contributed by atoms with Gasteiger partial charge in [-0.1, -0.05) is 23.9 Å². The largest absolute Gasteiger partial charge is 0.286 e. The lowest BCUT2D eigenvalue weighted by atomic mass is 10.4. The molecule has 0 spiro atoms. The first kappa shape index (κ1) is 13.7. The number of thiocarbonyl (C=S) groups is 1. The summed E-state index contributed by atoms with van der Waals surface area (Å²) in [6.45, 7) is 0. The third kappa shape index (κ3) is 2.90. The summed E-state index contributed by atoms with van der Waals surface area (Å²) in [7, 11) is 0. The van der Waals surface area contributed by atoms with Gasteiger partial charge in [-0.25, -0.2) is 0 Å². The maximum atomic E-state index is 12.2. The van der Waals surface area contributed by atoms with Crippen LogP contribution in [-0.2, 0) is 4.79 Å². The lowest BCUT2D eigenvalue weighted by Crippen LogP contribution is -2.21. The molecule has 0 bridgehead atoms. The van der Waals surface area contributed by atoms with E-state index in [0.717, 1.165) is 9.75 Å². The number of thioether (sulfide) groups is 1. The molecule has 1 amide bonds. The summed E-state index contributed by atoms with van der Waals surface area (Å²) in [6.07, 6.45) is 3.51. The number of hydrogen-bond acceptors (Lipinski definition) is 6. The fraction of sp³-hybridized carbons (Fsp3) is 0. The van der Waals surface area contributed by atoms with Crippen LogP contribution in [0.3, 0.4) is 0 Å². The molecule has 3 rings (SSSR count). The Labute approximate surface area is 133 Å². The smallest absolute Gasteiger partial charge is 0.266 e. The van der Waals surface area contributed by atoms with E-state index in [2.05, 4.69) is 5.10 Å². The minimum Gasteiger partial charge on any atom is -0.266 e. The van der Waals surface area contributed by atoms with E-state index in [0.29, 0.717) is 9.23 Å². The van der Waals surface area contributed by atoms with Crippen LogP contribution in [0.15, 0.2) is 45.0 Å². The van der Waals surface area contributed by atoms with Crippen LogP contribution >= 0.6 is 46.7 Å². The van der Waals surface area contributed by atoms with Gasteiger partial charge >= 0.3 is 0 Å². The molecule has 2 aromatic heterocycles. The molecule has 100 valence electrons. The third-order valence-electron chi connectivity index (χ3n) is 2.43. The van der Waals surface area contributed by atoms with Crippen LogP contribution in [0.4, 0.5) is 0 Å². The van der Waals surface area contributed by atoms with Gasteiger partial charge in [0, 0.05) is 9.75 Å². The zero-order valence-electron chi connectivity index (χ0n) is 10.1. The fourth-order valence-electron chi connectivity index (χ4n) is 1.54. The van der Waals surface area contributed by atoms with E-state index in [1.165, 1.54) is 16.8 Å². The van der Waals surface area contributed by atoms with E-state index in [1.54, 1.807) is 28.9 Å². The Bertz CT molecular complexity index is 686. The molecule has 0 atom stereocenters. The number of carbonyl (C=O) groups is 1. The number of thiophene rings is 2. The van der Waals surface area contributed by atoms with Crippen LogP contribution in [0.5, 0.6) is 0 Å². The minimum atomic E-state index is -0.166. The molecule has 0 N–H and O–H groups in total. The molecular formula is C13H8N2OS4. The van der Waals surface area contributed by atoms with Gasteiger partial charge in [-0.3, -0.25) is 4.79 Å². The lowest BCUT2D eigenvalue weighted by Gasteiger charge is -2.05. The number of amides is 1. The number of hydrogen-bond donors (Lipinski definition) is 0. The SMILES string of the molecule is O=C1/C(=C/c2cccs2)SC(=S)N1/N=C\c1cccs1. The molecule has 1 saturated heterocycles. The number of hydrazone groups is 1. The van der Waals surface area contributed by atoms with Gasteiger partial charge in [-0.05, 0) is 41.2 Å². The third-order valence-corrected chi connectivity index (χ3v) is 5.34. The van der Waals surface area contributed by atoms with E-state index >= 15 is 0 Å². The Balaban J connectivity index is 1.80. The van der Waals surface area contributed by atoms with Crippen LogP contribution in [0.25, 0.3) is 6.08 Å². The molecule has 0 aliphatic carbocycles. The Morgan fingerprint density at radius 3 is 2.50 bits per heavy atom. The van der Waals surface area contributed by atoms with E-state index in [-0.39, 0.29) is 5.91 Å². The highest BCUT2D eigenvalue weighted by Crippen LogP contribution is 2.33. The van der Waals surface area contributed by atoms with Crippen LogP contribution in [0.1, 0.15) is 9.75 Å². The number of nitrogens with zero attached hydrogens (tertiary/aromatic N) is 2. The van der Waals surface area contributed by atoms with E-state index in [9.17, 15) is 4.79 Å². The Morgan fingerprint density at radius 2 is 1.85 bits per heavy atom. The van der Waals surface area contributed by atoms with Gasteiger partial charge in [0.2, 0.25) is 0 Å². The first-order valence-corrected chi connectivity index (χ1v) is 8.61. The summed E-state index contributed by atoms with van der Waals surface area (Å²) in [4.78, 5) is 14.9. The second-order valence-corrected chi connectivity index (χ2v) is 7.40. The number of rotatable bonds is 3. The second-order valence-electron chi connectivity index (χ2n) is 3.77. The summed E-state index contributed by atoms with van der Waals surface area (Å²) in [5, 5.41) is 9.39. The van der Waals surface area contributed by atoms with Crippen molar-refractivity contribution >= 4 is 69.2 Å².